The molecule has 0 spiro atoms. The summed E-state index contributed by atoms with van der Waals surface area (Å²) in [6.45, 7) is 4.06. The molecule has 86 valence electrons. The molecule has 0 aliphatic heterocycles. The molecule has 14 heavy (non-hydrogen) atoms. The van der Waals surface area contributed by atoms with Crippen LogP contribution in [0.25, 0.3) is 0 Å². The highest BCUT2D eigenvalue weighted by Gasteiger charge is 2.17. The molecule has 2 N–H and O–H groups in total. The van der Waals surface area contributed by atoms with E-state index in [2.05, 4.69) is 19.6 Å². The Morgan fingerprint density at radius 1 is 0.786 bits per heavy atom. The summed E-state index contributed by atoms with van der Waals surface area (Å²) in [6.07, 6.45) is -2.11. The van der Waals surface area contributed by atoms with E-state index in [1.807, 2.05) is 0 Å². The molecule has 2 atom stereocenters. The first-order chi connectivity index (χ1) is 6.72. The molecule has 0 saturated heterocycles. The maximum absolute atomic E-state index is 9.25. The summed E-state index contributed by atoms with van der Waals surface area (Å²) in [5.41, 5.74) is 0. The quantitative estimate of drug-likeness (QED) is 0.307. The summed E-state index contributed by atoms with van der Waals surface area (Å²) in [5, 5.41) is 18.5. The molecule has 0 bridgehead atoms. The summed E-state index contributed by atoms with van der Waals surface area (Å²) in [7, 11) is 0. The Balaban J connectivity index is 3.39. The van der Waals surface area contributed by atoms with Crippen molar-refractivity contribution >= 4 is 0 Å². The Kier molecular flexibility index (Phi) is 9.16. The van der Waals surface area contributed by atoms with Gasteiger partial charge >= 0.3 is 0 Å². The Labute approximate surface area is 83.2 Å². The van der Waals surface area contributed by atoms with Crippen molar-refractivity contribution in [1.29, 1.82) is 0 Å². The summed E-state index contributed by atoms with van der Waals surface area (Å²) in [5.74, 6) is 0. The van der Waals surface area contributed by atoms with Gasteiger partial charge in [0.1, 0.15) is 25.4 Å². The van der Waals surface area contributed by atoms with E-state index in [0.717, 1.165) is 0 Å². The van der Waals surface area contributed by atoms with Crippen molar-refractivity contribution in [3.8, 4) is 0 Å². The van der Waals surface area contributed by atoms with Crippen molar-refractivity contribution in [1.82, 2.24) is 0 Å². The van der Waals surface area contributed by atoms with Crippen molar-refractivity contribution in [3.63, 3.8) is 0 Å². The van der Waals surface area contributed by atoms with E-state index in [4.69, 9.17) is 0 Å². The Bertz CT molecular complexity index is 106. The highest BCUT2D eigenvalue weighted by Crippen LogP contribution is 1.96. The minimum atomic E-state index is -1.05. The maximum atomic E-state index is 9.25. The second-order valence-corrected chi connectivity index (χ2v) is 2.52. The first-order valence-corrected chi connectivity index (χ1v) is 4.57. The maximum Gasteiger partial charge on any atom is 0.111 e. The third kappa shape index (κ3) is 7.19. The van der Waals surface area contributed by atoms with Crippen molar-refractivity contribution in [2.24, 2.45) is 0 Å². The van der Waals surface area contributed by atoms with Gasteiger partial charge in [-0.2, -0.15) is 0 Å². The zero-order valence-corrected chi connectivity index (χ0v) is 8.51. The third-order valence-electron chi connectivity index (χ3n) is 1.32. The van der Waals surface area contributed by atoms with Gasteiger partial charge in [-0.1, -0.05) is 0 Å². The van der Waals surface area contributed by atoms with Crippen LogP contribution in [-0.2, 0) is 19.6 Å². The molecule has 0 saturated carbocycles. The average molecular weight is 210 g/mol. The van der Waals surface area contributed by atoms with Crippen molar-refractivity contribution in [2.45, 2.75) is 26.1 Å². The van der Waals surface area contributed by atoms with Crippen LogP contribution < -0.4 is 0 Å². The van der Waals surface area contributed by atoms with E-state index in [9.17, 15) is 10.2 Å². The minimum Gasteiger partial charge on any atom is -0.388 e. The van der Waals surface area contributed by atoms with Gasteiger partial charge in [0.25, 0.3) is 0 Å². The SMILES string of the molecule is CCOOCC(O)C(O)COOCC. The molecule has 2 unspecified atom stereocenters. The van der Waals surface area contributed by atoms with Gasteiger partial charge < -0.3 is 10.2 Å². The Hall–Kier alpha value is -0.240. The van der Waals surface area contributed by atoms with Gasteiger partial charge in [-0.15, -0.1) is 0 Å². The molecule has 0 aliphatic carbocycles. The minimum absolute atomic E-state index is 0.107. The molecule has 0 aromatic carbocycles. The lowest BCUT2D eigenvalue weighted by Gasteiger charge is -2.16. The fraction of sp³-hybridized carbons (Fsp3) is 1.00. The fourth-order valence-electron chi connectivity index (χ4n) is 0.624. The number of hydrogen-bond donors (Lipinski definition) is 2. The van der Waals surface area contributed by atoms with Crippen LogP contribution in [0.2, 0.25) is 0 Å². The van der Waals surface area contributed by atoms with Gasteiger partial charge in [0.05, 0.1) is 13.2 Å². The fourth-order valence-corrected chi connectivity index (χ4v) is 0.624. The number of hydrogen-bond acceptors (Lipinski definition) is 6. The zero-order chi connectivity index (χ0) is 10.8. The largest absolute Gasteiger partial charge is 0.388 e. The predicted octanol–water partition coefficient (Wildman–Crippen LogP) is -0.356. The van der Waals surface area contributed by atoms with Gasteiger partial charge in [0.15, 0.2) is 0 Å². The number of aliphatic hydroxyl groups is 2. The van der Waals surface area contributed by atoms with Gasteiger partial charge in [0, 0.05) is 0 Å². The van der Waals surface area contributed by atoms with E-state index in [0.29, 0.717) is 13.2 Å². The van der Waals surface area contributed by atoms with Crippen LogP contribution in [0.5, 0.6) is 0 Å². The van der Waals surface area contributed by atoms with Gasteiger partial charge in [-0.25, -0.2) is 19.6 Å². The van der Waals surface area contributed by atoms with Gasteiger partial charge in [0.2, 0.25) is 0 Å². The molecule has 0 aromatic rings. The predicted molar refractivity (Wildman–Crippen MR) is 47.2 cm³/mol. The van der Waals surface area contributed by atoms with E-state index >= 15 is 0 Å². The van der Waals surface area contributed by atoms with Crippen molar-refractivity contribution < 1.29 is 29.8 Å². The topological polar surface area (TPSA) is 77.4 Å². The van der Waals surface area contributed by atoms with Crippen LogP contribution >= 0.6 is 0 Å². The first kappa shape index (κ1) is 13.8. The molecule has 6 heteroatoms. The molecule has 6 nitrogen and oxygen atoms in total. The normalized spacial score (nSPS) is 15.4. The second kappa shape index (κ2) is 9.32. The van der Waals surface area contributed by atoms with Crippen LogP contribution in [0.4, 0.5) is 0 Å². The standard InChI is InChI=1S/C8H18O6/c1-3-11-13-5-7(9)8(10)6-14-12-4-2/h7-10H,3-6H2,1-2H3. The lowest BCUT2D eigenvalue weighted by atomic mass is 10.2. The molecule has 0 amide bonds. The van der Waals surface area contributed by atoms with Crippen LogP contribution in [0.3, 0.4) is 0 Å². The molecule has 0 radical (unpaired) electrons. The van der Waals surface area contributed by atoms with Crippen LogP contribution in [-0.4, -0.2) is 48.8 Å². The smallest absolute Gasteiger partial charge is 0.111 e. The molecule has 0 rings (SSSR count). The monoisotopic (exact) mass is 210 g/mol. The molecule has 0 aliphatic rings. The number of aliphatic hydroxyl groups excluding tert-OH is 2. The van der Waals surface area contributed by atoms with E-state index in [-0.39, 0.29) is 13.2 Å². The summed E-state index contributed by atoms with van der Waals surface area (Å²) in [6, 6.07) is 0. The lowest BCUT2D eigenvalue weighted by molar-refractivity contribution is -0.323. The van der Waals surface area contributed by atoms with Crippen LogP contribution in [0.1, 0.15) is 13.8 Å². The van der Waals surface area contributed by atoms with Crippen molar-refractivity contribution in [2.75, 3.05) is 26.4 Å². The summed E-state index contributed by atoms with van der Waals surface area (Å²) < 4.78 is 0. The summed E-state index contributed by atoms with van der Waals surface area (Å²) in [4.78, 5) is 18.2. The zero-order valence-electron chi connectivity index (χ0n) is 8.51. The Morgan fingerprint density at radius 3 is 1.43 bits per heavy atom. The van der Waals surface area contributed by atoms with Crippen LogP contribution in [0.15, 0.2) is 0 Å². The van der Waals surface area contributed by atoms with E-state index in [1.54, 1.807) is 13.8 Å². The van der Waals surface area contributed by atoms with E-state index in [1.165, 1.54) is 0 Å². The molecular weight excluding hydrogens is 192 g/mol. The summed E-state index contributed by atoms with van der Waals surface area (Å²) >= 11 is 0. The molecule has 0 heterocycles. The van der Waals surface area contributed by atoms with Gasteiger partial charge in [-0.3, -0.25) is 0 Å². The molecule has 0 aromatic heterocycles. The second-order valence-electron chi connectivity index (χ2n) is 2.52. The number of rotatable bonds is 9. The van der Waals surface area contributed by atoms with Crippen LogP contribution in [0, 0.1) is 0 Å². The first-order valence-electron chi connectivity index (χ1n) is 4.57. The average Bonchev–Trinajstić information content (AvgIpc) is 2.18. The third-order valence-corrected chi connectivity index (χ3v) is 1.32. The highest BCUT2D eigenvalue weighted by molar-refractivity contribution is 4.64. The van der Waals surface area contributed by atoms with Gasteiger partial charge in [-0.05, 0) is 13.8 Å². The highest BCUT2D eigenvalue weighted by atomic mass is 17.2. The Morgan fingerprint density at radius 2 is 1.14 bits per heavy atom. The lowest BCUT2D eigenvalue weighted by Crippen LogP contribution is -2.34. The van der Waals surface area contributed by atoms with E-state index < -0.39 is 12.2 Å². The molecular formula is C8H18O6. The van der Waals surface area contributed by atoms with Crippen molar-refractivity contribution in [3.05, 3.63) is 0 Å². The molecule has 0 fully saturated rings.